The SMILES string of the molecule is Cc1ccc(Cl)cc1NC(=O)c1ccc(NCc2ccccn2)nc1. The Kier molecular flexibility index (Phi) is 5.26. The molecule has 0 aliphatic carbocycles. The average molecular weight is 353 g/mol. The van der Waals surface area contributed by atoms with Gasteiger partial charge in [0.2, 0.25) is 0 Å². The van der Waals surface area contributed by atoms with Crippen LogP contribution in [0.4, 0.5) is 11.5 Å². The highest BCUT2D eigenvalue weighted by Crippen LogP contribution is 2.21. The maximum absolute atomic E-state index is 12.3. The van der Waals surface area contributed by atoms with Gasteiger partial charge in [0.1, 0.15) is 5.82 Å². The van der Waals surface area contributed by atoms with Gasteiger partial charge in [-0.05, 0) is 48.9 Å². The van der Waals surface area contributed by atoms with Crippen LogP contribution in [0.3, 0.4) is 0 Å². The Morgan fingerprint density at radius 2 is 2.00 bits per heavy atom. The lowest BCUT2D eigenvalue weighted by molar-refractivity contribution is 0.102. The molecule has 0 saturated heterocycles. The average Bonchev–Trinajstić information content (AvgIpc) is 2.64. The fraction of sp³-hybridized carbons (Fsp3) is 0.105. The van der Waals surface area contributed by atoms with Crippen LogP contribution in [0.2, 0.25) is 5.02 Å². The van der Waals surface area contributed by atoms with Gasteiger partial charge in [0, 0.05) is 23.1 Å². The quantitative estimate of drug-likeness (QED) is 0.718. The van der Waals surface area contributed by atoms with Crippen LogP contribution in [0.15, 0.2) is 60.9 Å². The van der Waals surface area contributed by atoms with Gasteiger partial charge in [-0.2, -0.15) is 0 Å². The van der Waals surface area contributed by atoms with Crippen molar-refractivity contribution >= 4 is 29.0 Å². The Bertz CT molecular complexity index is 866. The highest BCUT2D eigenvalue weighted by molar-refractivity contribution is 6.31. The first-order chi connectivity index (χ1) is 12.1. The van der Waals surface area contributed by atoms with Gasteiger partial charge < -0.3 is 10.6 Å². The number of pyridine rings is 2. The van der Waals surface area contributed by atoms with E-state index in [1.165, 1.54) is 6.20 Å². The Balaban J connectivity index is 1.63. The van der Waals surface area contributed by atoms with E-state index in [9.17, 15) is 4.79 Å². The molecular formula is C19H17ClN4O. The van der Waals surface area contributed by atoms with Crippen molar-refractivity contribution in [2.75, 3.05) is 10.6 Å². The Morgan fingerprint density at radius 3 is 2.72 bits per heavy atom. The summed E-state index contributed by atoms with van der Waals surface area (Å²) in [5.41, 5.74) is 3.03. The second-order valence-electron chi connectivity index (χ2n) is 5.52. The summed E-state index contributed by atoms with van der Waals surface area (Å²) in [7, 11) is 0. The van der Waals surface area contributed by atoms with E-state index in [0.29, 0.717) is 28.6 Å². The minimum atomic E-state index is -0.228. The van der Waals surface area contributed by atoms with Crippen molar-refractivity contribution in [3.8, 4) is 0 Å². The zero-order valence-electron chi connectivity index (χ0n) is 13.7. The van der Waals surface area contributed by atoms with E-state index in [2.05, 4.69) is 20.6 Å². The standard InChI is InChI=1S/C19H17ClN4O/c1-13-5-7-15(20)10-17(13)24-19(25)14-6-8-18(22-11-14)23-12-16-4-2-3-9-21-16/h2-11H,12H2,1H3,(H,22,23)(H,24,25). The number of hydrogen-bond donors (Lipinski definition) is 2. The number of benzene rings is 1. The van der Waals surface area contributed by atoms with Gasteiger partial charge in [0.25, 0.3) is 5.91 Å². The van der Waals surface area contributed by atoms with Crippen LogP contribution in [0.5, 0.6) is 0 Å². The monoisotopic (exact) mass is 352 g/mol. The van der Waals surface area contributed by atoms with Gasteiger partial charge in [-0.3, -0.25) is 9.78 Å². The number of carbonyl (C=O) groups is 1. The van der Waals surface area contributed by atoms with Crippen molar-refractivity contribution in [1.29, 1.82) is 0 Å². The molecule has 0 atom stereocenters. The minimum absolute atomic E-state index is 0.228. The Hall–Kier alpha value is -2.92. The van der Waals surface area contributed by atoms with Gasteiger partial charge in [0.05, 0.1) is 17.8 Å². The van der Waals surface area contributed by atoms with Gasteiger partial charge in [-0.1, -0.05) is 23.7 Å². The summed E-state index contributed by atoms with van der Waals surface area (Å²) in [4.78, 5) is 20.9. The lowest BCUT2D eigenvalue weighted by atomic mass is 10.2. The van der Waals surface area contributed by atoms with E-state index in [4.69, 9.17) is 11.6 Å². The number of aryl methyl sites for hydroxylation is 1. The number of nitrogens with zero attached hydrogens (tertiary/aromatic N) is 2. The molecular weight excluding hydrogens is 336 g/mol. The Labute approximate surface area is 151 Å². The largest absolute Gasteiger partial charge is 0.364 e. The zero-order chi connectivity index (χ0) is 17.6. The van der Waals surface area contributed by atoms with Crippen LogP contribution in [0.25, 0.3) is 0 Å². The van der Waals surface area contributed by atoms with Crippen LogP contribution >= 0.6 is 11.6 Å². The van der Waals surface area contributed by atoms with E-state index >= 15 is 0 Å². The van der Waals surface area contributed by atoms with E-state index in [0.717, 1.165) is 11.3 Å². The number of halogens is 1. The number of hydrogen-bond acceptors (Lipinski definition) is 4. The van der Waals surface area contributed by atoms with Gasteiger partial charge in [-0.25, -0.2) is 4.98 Å². The van der Waals surface area contributed by atoms with Gasteiger partial charge >= 0.3 is 0 Å². The summed E-state index contributed by atoms with van der Waals surface area (Å²) in [6, 6.07) is 14.6. The molecule has 3 rings (SSSR count). The van der Waals surface area contributed by atoms with Crippen LogP contribution in [0.1, 0.15) is 21.6 Å². The normalized spacial score (nSPS) is 10.3. The minimum Gasteiger partial charge on any atom is -0.364 e. The van der Waals surface area contributed by atoms with E-state index in [-0.39, 0.29) is 5.91 Å². The summed E-state index contributed by atoms with van der Waals surface area (Å²) < 4.78 is 0. The highest BCUT2D eigenvalue weighted by Gasteiger charge is 2.09. The molecule has 2 aromatic heterocycles. The second-order valence-corrected chi connectivity index (χ2v) is 5.96. The molecule has 2 N–H and O–H groups in total. The first-order valence-electron chi connectivity index (χ1n) is 7.79. The molecule has 25 heavy (non-hydrogen) atoms. The van der Waals surface area contributed by atoms with Crippen molar-refractivity contribution in [2.24, 2.45) is 0 Å². The molecule has 5 nitrogen and oxygen atoms in total. The van der Waals surface area contributed by atoms with Crippen LogP contribution in [-0.2, 0) is 6.54 Å². The number of anilines is 2. The Morgan fingerprint density at radius 1 is 1.12 bits per heavy atom. The lowest BCUT2D eigenvalue weighted by Crippen LogP contribution is -2.13. The maximum Gasteiger partial charge on any atom is 0.257 e. The molecule has 0 aliphatic rings. The molecule has 0 fully saturated rings. The number of rotatable bonds is 5. The molecule has 126 valence electrons. The molecule has 6 heteroatoms. The molecule has 0 saturated carbocycles. The van der Waals surface area contributed by atoms with Crippen molar-refractivity contribution in [1.82, 2.24) is 9.97 Å². The molecule has 2 heterocycles. The number of aromatic nitrogens is 2. The van der Waals surface area contributed by atoms with Crippen LogP contribution < -0.4 is 10.6 Å². The molecule has 0 spiro atoms. The summed E-state index contributed by atoms with van der Waals surface area (Å²) in [6.45, 7) is 2.48. The fourth-order valence-corrected chi connectivity index (χ4v) is 2.41. The predicted octanol–water partition coefficient (Wildman–Crippen LogP) is 4.30. The molecule has 0 bridgehead atoms. The first-order valence-corrected chi connectivity index (χ1v) is 8.17. The molecule has 0 unspecified atom stereocenters. The predicted molar refractivity (Wildman–Crippen MR) is 99.9 cm³/mol. The fourth-order valence-electron chi connectivity index (χ4n) is 2.24. The van der Waals surface area contributed by atoms with Gasteiger partial charge in [0.15, 0.2) is 0 Å². The number of carbonyl (C=O) groups excluding carboxylic acids is 1. The highest BCUT2D eigenvalue weighted by atomic mass is 35.5. The van der Waals surface area contributed by atoms with Crippen molar-refractivity contribution in [2.45, 2.75) is 13.5 Å². The topological polar surface area (TPSA) is 66.9 Å². The van der Waals surface area contributed by atoms with E-state index < -0.39 is 0 Å². The number of nitrogens with one attached hydrogen (secondary N) is 2. The van der Waals surface area contributed by atoms with Crippen LogP contribution in [0, 0.1) is 6.92 Å². The third kappa shape index (κ3) is 4.55. The van der Waals surface area contributed by atoms with Crippen molar-refractivity contribution < 1.29 is 4.79 Å². The van der Waals surface area contributed by atoms with Crippen molar-refractivity contribution in [3.63, 3.8) is 0 Å². The van der Waals surface area contributed by atoms with E-state index in [1.54, 1.807) is 30.5 Å². The van der Waals surface area contributed by atoms with Gasteiger partial charge in [-0.15, -0.1) is 0 Å². The van der Waals surface area contributed by atoms with E-state index in [1.807, 2.05) is 31.2 Å². The third-order valence-electron chi connectivity index (χ3n) is 3.65. The molecule has 0 radical (unpaired) electrons. The molecule has 0 aliphatic heterocycles. The summed E-state index contributed by atoms with van der Waals surface area (Å²) >= 11 is 5.98. The van der Waals surface area contributed by atoms with Crippen LogP contribution in [-0.4, -0.2) is 15.9 Å². The maximum atomic E-state index is 12.3. The lowest BCUT2D eigenvalue weighted by Gasteiger charge is -2.09. The molecule has 1 aromatic carbocycles. The molecule has 1 amide bonds. The first kappa shape index (κ1) is 16.9. The molecule has 3 aromatic rings. The summed E-state index contributed by atoms with van der Waals surface area (Å²) in [6.07, 6.45) is 3.28. The second kappa shape index (κ2) is 7.77. The third-order valence-corrected chi connectivity index (χ3v) is 3.89. The van der Waals surface area contributed by atoms with Crippen molar-refractivity contribution in [3.05, 3.63) is 82.8 Å². The number of amides is 1. The zero-order valence-corrected chi connectivity index (χ0v) is 14.4. The summed E-state index contributed by atoms with van der Waals surface area (Å²) in [5.74, 6) is 0.454. The smallest absolute Gasteiger partial charge is 0.257 e. The summed E-state index contributed by atoms with van der Waals surface area (Å²) in [5, 5.41) is 6.60.